The lowest BCUT2D eigenvalue weighted by atomic mass is 9.97. The standard InChI is InChI=1S/C20H28BrN3O3/c1-5-26-18-15-13-24(22-17(15)7-6-16(18)21)12-14-8-10-23(11-9-14)19(25)27-20(2,3)4/h6-7,13-14H,5,8-12H2,1-4H3. The van der Waals surface area contributed by atoms with Crippen molar-refractivity contribution in [1.82, 2.24) is 14.7 Å². The number of fused-ring (bicyclic) bond motifs is 1. The highest BCUT2D eigenvalue weighted by molar-refractivity contribution is 9.10. The van der Waals surface area contributed by atoms with Crippen molar-refractivity contribution in [3.63, 3.8) is 0 Å². The number of carbonyl (C=O) groups is 1. The molecule has 0 N–H and O–H groups in total. The molecule has 1 amide bonds. The second-order valence-corrected chi connectivity index (χ2v) is 8.86. The Hall–Kier alpha value is -1.76. The lowest BCUT2D eigenvalue weighted by Gasteiger charge is -2.33. The molecule has 27 heavy (non-hydrogen) atoms. The van der Waals surface area contributed by atoms with Gasteiger partial charge in [0.05, 0.1) is 22.0 Å². The van der Waals surface area contributed by atoms with Gasteiger partial charge in [0.2, 0.25) is 0 Å². The maximum atomic E-state index is 12.2. The Balaban J connectivity index is 1.62. The molecule has 1 fully saturated rings. The molecule has 7 heteroatoms. The summed E-state index contributed by atoms with van der Waals surface area (Å²) in [6.45, 7) is 10.6. The minimum atomic E-state index is -0.449. The Morgan fingerprint density at radius 1 is 1.30 bits per heavy atom. The summed E-state index contributed by atoms with van der Waals surface area (Å²) < 4.78 is 14.2. The van der Waals surface area contributed by atoms with Crippen LogP contribution in [0.1, 0.15) is 40.5 Å². The molecule has 0 bridgehead atoms. The van der Waals surface area contributed by atoms with E-state index in [1.165, 1.54) is 0 Å². The first-order valence-electron chi connectivity index (χ1n) is 9.53. The van der Waals surface area contributed by atoms with E-state index in [2.05, 4.69) is 22.1 Å². The van der Waals surface area contributed by atoms with Crippen LogP contribution in [0, 0.1) is 5.92 Å². The molecule has 0 radical (unpaired) electrons. The van der Waals surface area contributed by atoms with Crippen LogP contribution in [0.2, 0.25) is 0 Å². The minimum absolute atomic E-state index is 0.211. The Labute approximate surface area is 168 Å². The fraction of sp³-hybridized carbons (Fsp3) is 0.600. The average Bonchev–Trinajstić information content (AvgIpc) is 2.99. The van der Waals surface area contributed by atoms with Crippen molar-refractivity contribution in [3.05, 3.63) is 22.8 Å². The van der Waals surface area contributed by atoms with Gasteiger partial charge in [-0.3, -0.25) is 4.68 Å². The number of rotatable bonds is 4. The highest BCUT2D eigenvalue weighted by Gasteiger charge is 2.27. The van der Waals surface area contributed by atoms with E-state index in [1.54, 1.807) is 0 Å². The number of ether oxygens (including phenoxy) is 2. The van der Waals surface area contributed by atoms with Crippen molar-refractivity contribution in [2.24, 2.45) is 5.92 Å². The molecule has 1 aromatic carbocycles. The Morgan fingerprint density at radius 2 is 2.00 bits per heavy atom. The van der Waals surface area contributed by atoms with Gasteiger partial charge in [-0.2, -0.15) is 5.10 Å². The molecule has 0 atom stereocenters. The van der Waals surface area contributed by atoms with Crippen molar-refractivity contribution in [3.8, 4) is 5.75 Å². The number of likely N-dealkylation sites (tertiary alicyclic amines) is 1. The van der Waals surface area contributed by atoms with Gasteiger partial charge in [0.1, 0.15) is 11.4 Å². The van der Waals surface area contributed by atoms with Gasteiger partial charge in [-0.25, -0.2) is 4.79 Å². The number of hydrogen-bond donors (Lipinski definition) is 0. The third kappa shape index (κ3) is 4.94. The largest absolute Gasteiger partial charge is 0.492 e. The van der Waals surface area contributed by atoms with E-state index in [1.807, 2.05) is 49.4 Å². The third-order valence-electron chi connectivity index (χ3n) is 4.64. The van der Waals surface area contributed by atoms with Crippen molar-refractivity contribution in [1.29, 1.82) is 0 Å². The molecule has 3 rings (SSSR count). The maximum Gasteiger partial charge on any atom is 0.410 e. The van der Waals surface area contributed by atoms with Gasteiger partial charge in [0, 0.05) is 25.8 Å². The van der Waals surface area contributed by atoms with Gasteiger partial charge in [0.15, 0.2) is 0 Å². The van der Waals surface area contributed by atoms with Crippen LogP contribution < -0.4 is 4.74 Å². The van der Waals surface area contributed by atoms with E-state index in [4.69, 9.17) is 14.6 Å². The van der Waals surface area contributed by atoms with Gasteiger partial charge in [0.25, 0.3) is 0 Å². The second-order valence-electron chi connectivity index (χ2n) is 8.00. The molecule has 1 aliphatic rings. The van der Waals surface area contributed by atoms with Crippen LogP contribution in [-0.2, 0) is 11.3 Å². The Kier molecular flexibility index (Phi) is 5.99. The fourth-order valence-corrected chi connectivity index (χ4v) is 3.82. The van der Waals surface area contributed by atoms with Crippen LogP contribution in [0.3, 0.4) is 0 Å². The molecule has 2 aromatic rings. The van der Waals surface area contributed by atoms with Gasteiger partial charge < -0.3 is 14.4 Å². The summed E-state index contributed by atoms with van der Waals surface area (Å²) in [4.78, 5) is 14.0. The van der Waals surface area contributed by atoms with E-state index in [0.717, 1.165) is 53.6 Å². The number of carbonyl (C=O) groups excluding carboxylic acids is 1. The predicted molar refractivity (Wildman–Crippen MR) is 109 cm³/mol. The fourth-order valence-electron chi connectivity index (χ4n) is 3.36. The lowest BCUT2D eigenvalue weighted by Crippen LogP contribution is -2.42. The SMILES string of the molecule is CCOc1c(Br)ccc2nn(CC3CCN(C(=O)OC(C)(C)C)CC3)cc12. The van der Waals surface area contributed by atoms with Gasteiger partial charge in [-0.1, -0.05) is 0 Å². The molecular weight excluding hydrogens is 410 g/mol. The first kappa shape index (κ1) is 20.0. The van der Waals surface area contributed by atoms with Crippen LogP contribution in [-0.4, -0.2) is 46.1 Å². The predicted octanol–water partition coefficient (Wildman–Crippen LogP) is 4.84. The lowest BCUT2D eigenvalue weighted by molar-refractivity contribution is 0.0177. The number of nitrogens with zero attached hydrogens (tertiary/aromatic N) is 3. The first-order chi connectivity index (χ1) is 12.8. The van der Waals surface area contributed by atoms with Gasteiger partial charge in [-0.15, -0.1) is 0 Å². The zero-order valence-electron chi connectivity index (χ0n) is 16.5. The molecule has 1 aliphatic heterocycles. The topological polar surface area (TPSA) is 56.6 Å². The molecule has 2 heterocycles. The zero-order valence-corrected chi connectivity index (χ0v) is 18.1. The van der Waals surface area contributed by atoms with Gasteiger partial charge in [-0.05, 0) is 74.5 Å². The normalized spacial score (nSPS) is 16.0. The molecule has 0 saturated carbocycles. The van der Waals surface area contributed by atoms with Crippen LogP contribution >= 0.6 is 15.9 Å². The number of halogens is 1. The van der Waals surface area contributed by atoms with Crippen LogP contribution in [0.25, 0.3) is 10.9 Å². The molecular formula is C20H28BrN3O3. The maximum absolute atomic E-state index is 12.2. The minimum Gasteiger partial charge on any atom is -0.492 e. The highest BCUT2D eigenvalue weighted by Crippen LogP contribution is 2.33. The quantitative estimate of drug-likeness (QED) is 0.685. The number of piperidine rings is 1. The third-order valence-corrected chi connectivity index (χ3v) is 5.26. The molecule has 1 aromatic heterocycles. The molecule has 0 unspecified atom stereocenters. The van der Waals surface area contributed by atoms with E-state index in [-0.39, 0.29) is 6.09 Å². The number of benzene rings is 1. The summed E-state index contributed by atoms with van der Waals surface area (Å²) in [6, 6.07) is 3.98. The van der Waals surface area contributed by atoms with Crippen molar-refractivity contribution in [2.45, 2.75) is 52.7 Å². The summed E-state index contributed by atoms with van der Waals surface area (Å²) in [5.41, 5.74) is 0.489. The van der Waals surface area contributed by atoms with Gasteiger partial charge >= 0.3 is 6.09 Å². The van der Waals surface area contributed by atoms with Crippen molar-refractivity contribution < 1.29 is 14.3 Å². The van der Waals surface area contributed by atoms with E-state index >= 15 is 0 Å². The van der Waals surface area contributed by atoms with E-state index < -0.39 is 5.60 Å². The van der Waals surface area contributed by atoms with E-state index in [9.17, 15) is 4.79 Å². The summed E-state index contributed by atoms with van der Waals surface area (Å²) in [6.07, 6.45) is 3.76. The number of amides is 1. The van der Waals surface area contributed by atoms with E-state index in [0.29, 0.717) is 12.5 Å². The molecule has 148 valence electrons. The highest BCUT2D eigenvalue weighted by atomic mass is 79.9. The van der Waals surface area contributed by atoms with Crippen LogP contribution in [0.15, 0.2) is 22.8 Å². The smallest absolute Gasteiger partial charge is 0.410 e. The number of hydrogen-bond acceptors (Lipinski definition) is 4. The average molecular weight is 438 g/mol. The second kappa shape index (κ2) is 8.09. The molecule has 1 saturated heterocycles. The van der Waals surface area contributed by atoms with Crippen LogP contribution in [0.5, 0.6) is 5.75 Å². The van der Waals surface area contributed by atoms with Crippen LogP contribution in [0.4, 0.5) is 4.79 Å². The summed E-state index contributed by atoms with van der Waals surface area (Å²) in [7, 11) is 0. The molecule has 0 aliphatic carbocycles. The van der Waals surface area contributed by atoms with Crippen molar-refractivity contribution in [2.75, 3.05) is 19.7 Å². The number of aromatic nitrogens is 2. The molecule has 0 spiro atoms. The molecule has 6 nitrogen and oxygen atoms in total. The summed E-state index contributed by atoms with van der Waals surface area (Å²) in [5, 5.41) is 5.73. The summed E-state index contributed by atoms with van der Waals surface area (Å²) >= 11 is 3.56. The zero-order chi connectivity index (χ0) is 19.6. The monoisotopic (exact) mass is 437 g/mol. The Bertz CT molecular complexity index is 805. The first-order valence-corrected chi connectivity index (χ1v) is 10.3. The van der Waals surface area contributed by atoms with Crippen molar-refractivity contribution >= 4 is 32.9 Å². The Morgan fingerprint density at radius 3 is 2.63 bits per heavy atom. The summed E-state index contributed by atoms with van der Waals surface area (Å²) in [5.74, 6) is 1.35.